The molecular formula is C7H4ClO4-. The lowest BCUT2D eigenvalue weighted by Crippen LogP contribution is -2.04. The Kier molecular flexibility index (Phi) is 2.10. The van der Waals surface area contributed by atoms with Crippen LogP contribution in [0.25, 0.3) is 0 Å². The summed E-state index contributed by atoms with van der Waals surface area (Å²) in [7, 11) is 0. The predicted molar refractivity (Wildman–Crippen MR) is 39.5 cm³/mol. The van der Waals surface area contributed by atoms with Gasteiger partial charge in [0.15, 0.2) is 0 Å². The highest BCUT2D eigenvalue weighted by Crippen LogP contribution is 2.31. The Balaban J connectivity index is 3.43. The molecule has 0 atom stereocenters. The minimum Gasteiger partial charge on any atom is -0.871 e. The molecule has 1 rings (SSSR count). The molecule has 2 N–H and O–H groups in total. The highest BCUT2D eigenvalue weighted by Gasteiger charge is 2.11. The van der Waals surface area contributed by atoms with Gasteiger partial charge in [-0.3, -0.25) is 0 Å². The number of aromatic hydroxyl groups is 1. The largest absolute Gasteiger partial charge is 0.871 e. The number of hydrogen-bond donors (Lipinski definition) is 2. The van der Waals surface area contributed by atoms with E-state index in [9.17, 15) is 9.90 Å². The highest BCUT2D eigenvalue weighted by molar-refractivity contribution is 6.32. The fourth-order valence-corrected chi connectivity index (χ4v) is 0.911. The number of phenols is 1. The van der Waals surface area contributed by atoms with Crippen molar-refractivity contribution in [3.63, 3.8) is 0 Å². The van der Waals surface area contributed by atoms with Gasteiger partial charge in [-0.05, 0) is 12.1 Å². The van der Waals surface area contributed by atoms with Crippen LogP contribution in [-0.2, 0) is 0 Å². The fourth-order valence-electron chi connectivity index (χ4n) is 0.754. The monoisotopic (exact) mass is 187 g/mol. The quantitative estimate of drug-likeness (QED) is 0.682. The zero-order valence-corrected chi connectivity index (χ0v) is 6.50. The van der Waals surface area contributed by atoms with Crippen LogP contribution in [0.3, 0.4) is 0 Å². The van der Waals surface area contributed by atoms with Gasteiger partial charge in [-0.1, -0.05) is 17.4 Å². The lowest BCUT2D eigenvalue weighted by atomic mass is 10.2. The second-order valence-corrected chi connectivity index (χ2v) is 2.48. The molecule has 0 heterocycles. The molecule has 1 aromatic carbocycles. The minimum atomic E-state index is -1.49. The van der Waals surface area contributed by atoms with Crippen LogP contribution in [0, 0.1) is 0 Å². The average molecular weight is 188 g/mol. The zero-order valence-electron chi connectivity index (χ0n) is 5.74. The van der Waals surface area contributed by atoms with E-state index in [1.54, 1.807) is 0 Å². The predicted octanol–water partition coefficient (Wildman–Crippen LogP) is 0.817. The second kappa shape index (κ2) is 2.91. The first-order valence-corrected chi connectivity index (χ1v) is 3.33. The Bertz CT molecular complexity index is 334. The van der Waals surface area contributed by atoms with Gasteiger partial charge in [0.1, 0.15) is 5.75 Å². The fraction of sp³-hybridized carbons (Fsp3) is 0. The minimum absolute atomic E-state index is 0.217. The molecule has 0 aliphatic carbocycles. The molecule has 1 aromatic rings. The van der Waals surface area contributed by atoms with Crippen LogP contribution in [0.1, 0.15) is 10.4 Å². The van der Waals surface area contributed by atoms with Crippen molar-refractivity contribution in [1.82, 2.24) is 0 Å². The number of rotatable bonds is 1. The van der Waals surface area contributed by atoms with E-state index in [1.165, 1.54) is 0 Å². The van der Waals surface area contributed by atoms with Crippen molar-refractivity contribution in [1.29, 1.82) is 0 Å². The molecule has 12 heavy (non-hydrogen) atoms. The SMILES string of the molecule is O=C(O)c1c(O)ccc(Cl)c1[O-]. The van der Waals surface area contributed by atoms with Crippen molar-refractivity contribution < 1.29 is 20.1 Å². The van der Waals surface area contributed by atoms with Crippen molar-refractivity contribution in [2.45, 2.75) is 0 Å². The highest BCUT2D eigenvalue weighted by atomic mass is 35.5. The normalized spacial score (nSPS) is 9.75. The van der Waals surface area contributed by atoms with Gasteiger partial charge < -0.3 is 15.3 Å². The van der Waals surface area contributed by atoms with E-state index in [0.29, 0.717) is 0 Å². The number of benzene rings is 1. The van der Waals surface area contributed by atoms with Crippen LogP contribution in [-0.4, -0.2) is 16.2 Å². The van der Waals surface area contributed by atoms with Crippen LogP contribution in [0.15, 0.2) is 12.1 Å². The van der Waals surface area contributed by atoms with E-state index in [4.69, 9.17) is 21.8 Å². The molecular weight excluding hydrogens is 184 g/mol. The average Bonchev–Trinajstić information content (AvgIpc) is 1.97. The van der Waals surface area contributed by atoms with Crippen molar-refractivity contribution in [2.75, 3.05) is 0 Å². The van der Waals surface area contributed by atoms with Gasteiger partial charge in [-0.2, -0.15) is 0 Å². The summed E-state index contributed by atoms with van der Waals surface area (Å²) in [5.41, 5.74) is -0.692. The molecule has 0 aliphatic rings. The summed E-state index contributed by atoms with van der Waals surface area (Å²) in [4.78, 5) is 10.4. The third kappa shape index (κ3) is 1.29. The van der Waals surface area contributed by atoms with Crippen molar-refractivity contribution in [2.24, 2.45) is 0 Å². The third-order valence-electron chi connectivity index (χ3n) is 1.30. The molecule has 64 valence electrons. The number of carboxylic acid groups (broad SMARTS) is 1. The van der Waals surface area contributed by atoms with E-state index in [0.717, 1.165) is 12.1 Å². The number of aromatic carboxylic acids is 1. The van der Waals surface area contributed by atoms with E-state index in [-0.39, 0.29) is 5.02 Å². The van der Waals surface area contributed by atoms with E-state index in [2.05, 4.69) is 0 Å². The first kappa shape index (κ1) is 8.67. The summed E-state index contributed by atoms with van der Waals surface area (Å²) in [5, 5.41) is 28.1. The maximum absolute atomic E-state index is 11.0. The summed E-state index contributed by atoms with van der Waals surface area (Å²) in [6.45, 7) is 0. The number of carboxylic acids is 1. The smallest absolute Gasteiger partial charge is 0.338 e. The molecule has 0 aliphatic heterocycles. The first-order valence-electron chi connectivity index (χ1n) is 2.96. The number of carbonyl (C=O) groups is 1. The molecule has 0 spiro atoms. The van der Waals surface area contributed by atoms with Crippen LogP contribution in [0.5, 0.6) is 11.5 Å². The van der Waals surface area contributed by atoms with E-state index >= 15 is 0 Å². The standard InChI is InChI=1S/C7H5ClO4/c8-3-1-2-4(9)5(6(3)10)7(11)12/h1-2,9-10H,(H,11,12)/p-1. The van der Waals surface area contributed by atoms with Gasteiger partial charge in [0.2, 0.25) is 0 Å². The molecule has 5 heteroatoms. The topological polar surface area (TPSA) is 80.6 Å². The van der Waals surface area contributed by atoms with Crippen molar-refractivity contribution >= 4 is 17.6 Å². The Morgan fingerprint density at radius 3 is 2.50 bits per heavy atom. The maximum atomic E-state index is 11.0. The summed E-state index contributed by atoms with van der Waals surface area (Å²) in [6, 6.07) is 2.21. The zero-order chi connectivity index (χ0) is 9.30. The van der Waals surface area contributed by atoms with Gasteiger partial charge in [0.25, 0.3) is 0 Å². The van der Waals surface area contributed by atoms with Crippen LogP contribution < -0.4 is 5.11 Å². The molecule has 0 radical (unpaired) electrons. The maximum Gasteiger partial charge on any atom is 0.338 e. The molecule has 0 bridgehead atoms. The summed E-state index contributed by atoms with van der Waals surface area (Å²) in [6.07, 6.45) is 0. The molecule has 4 nitrogen and oxygen atoms in total. The summed E-state index contributed by atoms with van der Waals surface area (Å²) in [5.74, 6) is -2.93. The van der Waals surface area contributed by atoms with Gasteiger partial charge in [0.05, 0.1) is 5.56 Å². The molecule has 0 fully saturated rings. The van der Waals surface area contributed by atoms with Crippen LogP contribution in [0.2, 0.25) is 5.02 Å². The molecule has 0 saturated heterocycles. The van der Waals surface area contributed by atoms with Crippen molar-refractivity contribution in [3.8, 4) is 11.5 Å². The lowest BCUT2D eigenvalue weighted by molar-refractivity contribution is -0.268. The third-order valence-corrected chi connectivity index (χ3v) is 1.60. The van der Waals surface area contributed by atoms with Crippen LogP contribution >= 0.6 is 11.6 Å². The van der Waals surface area contributed by atoms with Gasteiger partial charge >= 0.3 is 5.97 Å². The Labute approximate surface area is 72.6 Å². The summed E-state index contributed by atoms with van der Waals surface area (Å²) < 4.78 is 0. The summed E-state index contributed by atoms with van der Waals surface area (Å²) >= 11 is 5.34. The Morgan fingerprint density at radius 1 is 1.50 bits per heavy atom. The molecule has 0 unspecified atom stereocenters. The van der Waals surface area contributed by atoms with Gasteiger partial charge in [-0.15, -0.1) is 0 Å². The van der Waals surface area contributed by atoms with Crippen LogP contribution in [0.4, 0.5) is 0 Å². The second-order valence-electron chi connectivity index (χ2n) is 2.08. The molecule has 0 amide bonds. The molecule has 0 saturated carbocycles. The van der Waals surface area contributed by atoms with Gasteiger partial charge in [-0.25, -0.2) is 4.79 Å². The number of hydrogen-bond acceptors (Lipinski definition) is 3. The lowest BCUT2D eigenvalue weighted by Gasteiger charge is -2.12. The number of halogens is 1. The molecule has 0 aromatic heterocycles. The van der Waals surface area contributed by atoms with Gasteiger partial charge in [0, 0.05) is 5.02 Å². The first-order chi connectivity index (χ1) is 5.54. The Morgan fingerprint density at radius 2 is 2.08 bits per heavy atom. The van der Waals surface area contributed by atoms with E-state index in [1.807, 2.05) is 0 Å². The van der Waals surface area contributed by atoms with Crippen molar-refractivity contribution in [3.05, 3.63) is 22.7 Å². The Hall–Kier alpha value is -1.42. The van der Waals surface area contributed by atoms with E-state index < -0.39 is 23.0 Å².